The van der Waals surface area contributed by atoms with Crippen molar-refractivity contribution < 1.29 is 13.2 Å². The van der Waals surface area contributed by atoms with Crippen LogP contribution in [-0.2, 0) is 27.7 Å². The molecule has 188 valence electrons. The zero-order chi connectivity index (χ0) is 25.5. The Morgan fingerprint density at radius 2 is 1.77 bits per heavy atom. The summed E-state index contributed by atoms with van der Waals surface area (Å²) in [5.74, 6) is 0.436. The SMILES string of the molecule is Cc1cc(C)c(C)c(S(=O)(=O)N2CCN(CC(=O)Nc3sc4c(c3C#N)CCC(C)C4)CC2)c1C. The van der Waals surface area contributed by atoms with Gasteiger partial charge in [0.05, 0.1) is 17.0 Å². The van der Waals surface area contributed by atoms with E-state index in [4.69, 9.17) is 0 Å². The molecule has 2 aromatic rings. The number of nitriles is 1. The second-order valence-electron chi connectivity index (χ2n) is 9.99. The van der Waals surface area contributed by atoms with Gasteiger partial charge in [0.2, 0.25) is 15.9 Å². The molecule has 1 saturated heterocycles. The van der Waals surface area contributed by atoms with Gasteiger partial charge in [0.1, 0.15) is 11.1 Å². The largest absolute Gasteiger partial charge is 0.315 e. The van der Waals surface area contributed by atoms with E-state index in [0.29, 0.717) is 47.6 Å². The van der Waals surface area contributed by atoms with E-state index >= 15 is 0 Å². The number of rotatable bonds is 5. The van der Waals surface area contributed by atoms with Gasteiger partial charge in [-0.3, -0.25) is 9.69 Å². The molecule has 9 heteroatoms. The van der Waals surface area contributed by atoms with E-state index in [9.17, 15) is 18.5 Å². The average Bonchev–Trinajstić information content (AvgIpc) is 3.13. The zero-order valence-corrected chi connectivity index (χ0v) is 22.8. The normalized spacial score (nSPS) is 19.3. The molecule has 1 fully saturated rings. The molecule has 2 heterocycles. The standard InChI is InChI=1S/C26H34N4O3S2/c1-16-6-7-21-22(14-27)26(34-23(21)12-16)28-24(31)15-29-8-10-30(11-9-29)35(32,33)25-19(4)17(2)13-18(3)20(25)5/h13,16H,6-12,15H2,1-5H3,(H,28,31). The predicted octanol–water partition coefficient (Wildman–Crippen LogP) is 3.92. The van der Waals surface area contributed by atoms with Crippen LogP contribution in [-0.4, -0.2) is 56.3 Å². The first-order chi connectivity index (χ1) is 16.5. The first kappa shape index (κ1) is 25.8. The third kappa shape index (κ3) is 5.03. The van der Waals surface area contributed by atoms with Crippen LogP contribution < -0.4 is 5.32 Å². The van der Waals surface area contributed by atoms with Crippen molar-refractivity contribution in [2.75, 3.05) is 38.0 Å². The van der Waals surface area contributed by atoms with Gasteiger partial charge in [-0.25, -0.2) is 8.42 Å². The van der Waals surface area contributed by atoms with E-state index in [2.05, 4.69) is 18.3 Å². The number of anilines is 1. The number of amides is 1. The summed E-state index contributed by atoms with van der Waals surface area (Å²) in [5.41, 5.74) is 5.27. The van der Waals surface area contributed by atoms with Gasteiger partial charge >= 0.3 is 0 Å². The minimum absolute atomic E-state index is 0.162. The monoisotopic (exact) mass is 514 g/mol. The van der Waals surface area contributed by atoms with E-state index in [1.54, 1.807) is 0 Å². The van der Waals surface area contributed by atoms with Crippen molar-refractivity contribution in [2.45, 2.75) is 58.8 Å². The topological polar surface area (TPSA) is 93.5 Å². The van der Waals surface area contributed by atoms with Crippen LogP contribution in [0.5, 0.6) is 0 Å². The number of hydrogen-bond acceptors (Lipinski definition) is 6. The summed E-state index contributed by atoms with van der Waals surface area (Å²) in [6.07, 6.45) is 2.92. The lowest BCUT2D eigenvalue weighted by Crippen LogP contribution is -2.50. The molecule has 1 unspecified atom stereocenters. The molecular formula is C26H34N4O3S2. The number of hydrogen-bond donors (Lipinski definition) is 1. The number of piperazine rings is 1. The number of nitrogens with one attached hydrogen (secondary N) is 1. The van der Waals surface area contributed by atoms with E-state index < -0.39 is 10.0 Å². The molecule has 0 bridgehead atoms. The fourth-order valence-electron chi connectivity index (χ4n) is 5.15. The Hall–Kier alpha value is -2.25. The summed E-state index contributed by atoms with van der Waals surface area (Å²) in [7, 11) is -3.61. The maximum absolute atomic E-state index is 13.5. The highest BCUT2D eigenvalue weighted by Crippen LogP contribution is 2.39. The lowest BCUT2D eigenvalue weighted by Gasteiger charge is -2.34. The molecule has 7 nitrogen and oxygen atoms in total. The van der Waals surface area contributed by atoms with Crippen LogP contribution >= 0.6 is 11.3 Å². The van der Waals surface area contributed by atoms with Crippen LogP contribution in [0.4, 0.5) is 5.00 Å². The smallest absolute Gasteiger partial charge is 0.243 e. The van der Waals surface area contributed by atoms with Crippen LogP contribution in [0.3, 0.4) is 0 Å². The molecule has 0 spiro atoms. The number of fused-ring (bicyclic) bond motifs is 1. The molecule has 4 rings (SSSR count). The molecule has 1 aliphatic heterocycles. The lowest BCUT2D eigenvalue weighted by molar-refractivity contribution is -0.117. The van der Waals surface area contributed by atoms with Crippen molar-refractivity contribution >= 4 is 32.3 Å². The molecule has 1 atom stereocenters. The summed E-state index contributed by atoms with van der Waals surface area (Å²) in [5, 5.41) is 13.3. The third-order valence-corrected chi connectivity index (χ3v) is 10.8. The first-order valence-corrected chi connectivity index (χ1v) is 14.4. The number of nitrogens with zero attached hydrogens (tertiary/aromatic N) is 3. The molecule has 0 radical (unpaired) electrons. The van der Waals surface area contributed by atoms with Crippen molar-refractivity contribution in [3.63, 3.8) is 0 Å². The molecular weight excluding hydrogens is 480 g/mol. The van der Waals surface area contributed by atoms with Gasteiger partial charge in [0.15, 0.2) is 0 Å². The Labute approximate surface area is 212 Å². The minimum Gasteiger partial charge on any atom is -0.315 e. The number of sulfonamides is 1. The van der Waals surface area contributed by atoms with Crippen LogP contribution in [0.2, 0.25) is 0 Å². The Morgan fingerprint density at radius 3 is 2.37 bits per heavy atom. The van der Waals surface area contributed by atoms with E-state index in [1.807, 2.05) is 38.7 Å². The van der Waals surface area contributed by atoms with Gasteiger partial charge in [-0.15, -0.1) is 11.3 Å². The maximum atomic E-state index is 13.5. The van der Waals surface area contributed by atoms with Crippen LogP contribution in [0, 0.1) is 44.9 Å². The summed E-state index contributed by atoms with van der Waals surface area (Å²) in [4.78, 5) is 16.4. The average molecular weight is 515 g/mol. The quantitative estimate of drug-likeness (QED) is 0.653. The van der Waals surface area contributed by atoms with Gasteiger partial charge in [0, 0.05) is 31.1 Å². The Bertz CT molecular complexity index is 1270. The summed E-state index contributed by atoms with van der Waals surface area (Å²) in [6.45, 7) is 11.7. The predicted molar refractivity (Wildman–Crippen MR) is 139 cm³/mol. The molecule has 1 aliphatic carbocycles. The highest BCUT2D eigenvalue weighted by Gasteiger charge is 2.32. The molecule has 0 saturated carbocycles. The van der Waals surface area contributed by atoms with E-state index in [0.717, 1.165) is 47.1 Å². The van der Waals surface area contributed by atoms with Gasteiger partial charge in [-0.2, -0.15) is 9.57 Å². The molecule has 1 aromatic carbocycles. The fourth-order valence-corrected chi connectivity index (χ4v) is 8.53. The van der Waals surface area contributed by atoms with Crippen molar-refractivity contribution in [3.05, 3.63) is 44.3 Å². The van der Waals surface area contributed by atoms with Crippen molar-refractivity contribution in [2.24, 2.45) is 5.92 Å². The molecule has 1 aromatic heterocycles. The van der Waals surface area contributed by atoms with Gasteiger partial charge in [-0.1, -0.05) is 13.0 Å². The Balaban J connectivity index is 1.40. The molecule has 35 heavy (non-hydrogen) atoms. The number of thiophene rings is 1. The second-order valence-corrected chi connectivity index (χ2v) is 13.0. The van der Waals surface area contributed by atoms with Crippen LogP contribution in [0.25, 0.3) is 0 Å². The molecule has 1 amide bonds. The highest BCUT2D eigenvalue weighted by atomic mass is 32.2. The summed E-state index contributed by atoms with van der Waals surface area (Å²) < 4.78 is 28.5. The number of aryl methyl sites for hydroxylation is 2. The van der Waals surface area contributed by atoms with Crippen molar-refractivity contribution in [1.29, 1.82) is 5.26 Å². The Morgan fingerprint density at radius 1 is 1.14 bits per heavy atom. The minimum atomic E-state index is -3.61. The van der Waals surface area contributed by atoms with Gasteiger partial charge in [-0.05, 0) is 80.7 Å². The lowest BCUT2D eigenvalue weighted by atomic mass is 9.89. The third-order valence-electron chi connectivity index (χ3n) is 7.47. The number of carbonyl (C=O) groups is 1. The Kier molecular flexibility index (Phi) is 7.39. The van der Waals surface area contributed by atoms with E-state index in [-0.39, 0.29) is 12.5 Å². The van der Waals surface area contributed by atoms with E-state index in [1.165, 1.54) is 20.5 Å². The van der Waals surface area contributed by atoms with Gasteiger partial charge < -0.3 is 5.32 Å². The van der Waals surface area contributed by atoms with Gasteiger partial charge in [0.25, 0.3) is 0 Å². The van der Waals surface area contributed by atoms with Crippen molar-refractivity contribution in [1.82, 2.24) is 9.21 Å². The first-order valence-electron chi connectivity index (χ1n) is 12.2. The zero-order valence-electron chi connectivity index (χ0n) is 21.2. The number of carbonyl (C=O) groups excluding carboxylic acids is 1. The van der Waals surface area contributed by atoms with Crippen molar-refractivity contribution in [3.8, 4) is 6.07 Å². The molecule has 1 N–H and O–H groups in total. The summed E-state index contributed by atoms with van der Waals surface area (Å²) >= 11 is 1.53. The number of benzene rings is 1. The molecule has 2 aliphatic rings. The fraction of sp³-hybridized carbons (Fsp3) is 0.538. The second kappa shape index (κ2) is 10.0. The van der Waals surface area contributed by atoms with Crippen LogP contribution in [0.1, 0.15) is 51.6 Å². The highest BCUT2D eigenvalue weighted by molar-refractivity contribution is 7.89. The summed E-state index contributed by atoms with van der Waals surface area (Å²) in [6, 6.07) is 4.32. The maximum Gasteiger partial charge on any atom is 0.243 e. The van der Waals surface area contributed by atoms with Crippen LogP contribution in [0.15, 0.2) is 11.0 Å².